The second-order valence-corrected chi connectivity index (χ2v) is 6.07. The van der Waals surface area contributed by atoms with Gasteiger partial charge in [0.05, 0.1) is 0 Å². The van der Waals surface area contributed by atoms with Gasteiger partial charge in [-0.15, -0.1) is 0 Å². The lowest BCUT2D eigenvalue weighted by Gasteiger charge is -2.23. The van der Waals surface area contributed by atoms with Crippen LogP contribution in [-0.2, 0) is 14.9 Å². The molecule has 3 nitrogen and oxygen atoms in total. The lowest BCUT2D eigenvalue weighted by atomic mass is 10.2. The van der Waals surface area contributed by atoms with E-state index in [1.54, 1.807) is 13.8 Å². The molecule has 0 spiro atoms. The Kier molecular flexibility index (Phi) is 5.47. The fourth-order valence-corrected chi connectivity index (χ4v) is 3.51. The van der Waals surface area contributed by atoms with Gasteiger partial charge in [-0.1, -0.05) is 0 Å². The van der Waals surface area contributed by atoms with E-state index in [4.69, 9.17) is 8.85 Å². The summed E-state index contributed by atoms with van der Waals surface area (Å²) >= 11 is 0. The van der Waals surface area contributed by atoms with E-state index < -0.39 is 43.7 Å². The predicted octanol–water partition coefficient (Wildman–Crippen LogP) is 2.33. The lowest BCUT2D eigenvalue weighted by Crippen LogP contribution is -2.45. The van der Waals surface area contributed by atoms with Crippen LogP contribution in [0.25, 0.3) is 0 Å². The van der Waals surface area contributed by atoms with Gasteiger partial charge in [0.25, 0.3) is 0 Å². The highest BCUT2D eigenvalue weighted by molar-refractivity contribution is 6.58. The first-order chi connectivity index (χ1) is 8.84. The van der Waals surface area contributed by atoms with E-state index in [9.17, 15) is 22.4 Å². The van der Waals surface area contributed by atoms with Crippen LogP contribution in [0.4, 0.5) is 17.6 Å². The van der Waals surface area contributed by atoms with Gasteiger partial charge in [-0.3, -0.25) is 0 Å². The fraction of sp³-hybridized carbons (Fsp3) is 0.455. The summed E-state index contributed by atoms with van der Waals surface area (Å²) in [6, 6.07) is -0.0433. The van der Waals surface area contributed by atoms with Crippen molar-refractivity contribution < 1.29 is 31.2 Å². The molecule has 0 amide bonds. The Morgan fingerprint density at radius 1 is 1.00 bits per heavy atom. The van der Waals surface area contributed by atoms with Crippen molar-refractivity contribution in [3.05, 3.63) is 34.9 Å². The Morgan fingerprint density at radius 2 is 1.53 bits per heavy atom. The van der Waals surface area contributed by atoms with Crippen LogP contribution in [0.15, 0.2) is 6.07 Å². The molecule has 0 saturated heterocycles. The monoisotopic (exact) mass is 298 g/mol. The van der Waals surface area contributed by atoms with E-state index in [-0.39, 0.29) is 13.2 Å². The van der Waals surface area contributed by atoms with E-state index in [2.05, 4.69) is 0 Å². The Balaban J connectivity index is 3.10. The zero-order valence-electron chi connectivity index (χ0n) is 10.5. The summed E-state index contributed by atoms with van der Waals surface area (Å²) in [5.74, 6) is -6.89. The highest BCUT2D eigenvalue weighted by atomic mass is 28.4. The maximum absolute atomic E-state index is 13.5. The van der Waals surface area contributed by atoms with Gasteiger partial charge in [0.1, 0.15) is 0 Å². The normalized spacial score (nSPS) is 11.9. The molecule has 1 aromatic carbocycles. The molecule has 0 aliphatic rings. The first-order valence-electron chi connectivity index (χ1n) is 5.66. The van der Waals surface area contributed by atoms with Crippen LogP contribution in [0.3, 0.4) is 0 Å². The number of benzene rings is 1. The average Bonchev–Trinajstić information content (AvgIpc) is 2.34. The molecule has 0 aromatic heterocycles. The second kappa shape index (κ2) is 6.46. The van der Waals surface area contributed by atoms with Crippen molar-refractivity contribution in [2.75, 3.05) is 13.2 Å². The molecule has 0 fully saturated rings. The van der Waals surface area contributed by atoms with Gasteiger partial charge in [0.2, 0.25) is 0 Å². The van der Waals surface area contributed by atoms with Gasteiger partial charge in [-0.25, -0.2) is 17.6 Å². The second-order valence-electron chi connectivity index (χ2n) is 3.71. The summed E-state index contributed by atoms with van der Waals surface area (Å²) in [7, 11) is -3.78. The molecule has 0 atom stereocenters. The van der Waals surface area contributed by atoms with Gasteiger partial charge in [-0.05, 0) is 25.5 Å². The highest BCUT2D eigenvalue weighted by Gasteiger charge is 2.38. The minimum absolute atomic E-state index is 0.0938. The number of halogens is 4. The molecule has 8 heteroatoms. The van der Waals surface area contributed by atoms with Crippen molar-refractivity contribution in [2.24, 2.45) is 0 Å². The first kappa shape index (κ1) is 16.1. The van der Waals surface area contributed by atoms with Crippen molar-refractivity contribution in [1.82, 2.24) is 0 Å². The van der Waals surface area contributed by atoms with Crippen molar-refractivity contribution in [2.45, 2.75) is 19.9 Å². The minimum Gasteiger partial charge on any atom is -0.389 e. The molecule has 0 radical (unpaired) electrons. The van der Waals surface area contributed by atoms with Gasteiger partial charge >= 0.3 is 8.80 Å². The third kappa shape index (κ3) is 3.75. The Bertz CT molecular complexity index is 450. The van der Waals surface area contributed by atoms with Crippen LogP contribution in [0.5, 0.6) is 0 Å². The van der Waals surface area contributed by atoms with Crippen LogP contribution in [0.1, 0.15) is 19.4 Å². The first-order valence-corrected chi connectivity index (χ1v) is 7.63. The summed E-state index contributed by atoms with van der Waals surface area (Å²) in [6.45, 7) is 3.35. The number of rotatable bonds is 6. The highest BCUT2D eigenvalue weighted by Crippen LogP contribution is 2.22. The molecule has 1 rings (SSSR count). The van der Waals surface area contributed by atoms with Crippen LogP contribution >= 0.6 is 0 Å². The molecule has 0 unspecified atom stereocenters. The van der Waals surface area contributed by atoms with Crippen LogP contribution in [0, 0.1) is 23.3 Å². The van der Waals surface area contributed by atoms with Crippen LogP contribution in [0.2, 0.25) is 0 Å². The number of hydrogen-bond acceptors (Lipinski definition) is 3. The van der Waals surface area contributed by atoms with Crippen molar-refractivity contribution >= 4 is 8.80 Å². The summed E-state index contributed by atoms with van der Waals surface area (Å²) < 4.78 is 62.4. The van der Waals surface area contributed by atoms with Gasteiger partial charge in [0.15, 0.2) is 23.3 Å². The molecule has 108 valence electrons. The Hall–Kier alpha value is -0.963. The van der Waals surface area contributed by atoms with Gasteiger partial charge in [0, 0.05) is 19.3 Å². The molecule has 0 heterocycles. The van der Waals surface area contributed by atoms with Gasteiger partial charge in [-0.2, -0.15) is 0 Å². The standard InChI is InChI=1S/C11H14F4O3Si/c1-3-17-19(16,18-4-2)6-7-5-8(12)10(14)11(15)9(7)13/h5,16H,3-4,6H2,1-2H3. The molecule has 0 aliphatic carbocycles. The molecule has 0 saturated carbocycles. The van der Waals surface area contributed by atoms with Crippen molar-refractivity contribution in [3.63, 3.8) is 0 Å². The predicted molar refractivity (Wildman–Crippen MR) is 61.2 cm³/mol. The minimum atomic E-state index is -3.78. The average molecular weight is 298 g/mol. The zero-order valence-corrected chi connectivity index (χ0v) is 11.5. The summed E-state index contributed by atoms with van der Waals surface area (Å²) in [4.78, 5) is 10.0. The maximum Gasteiger partial charge on any atom is 0.502 e. The summed E-state index contributed by atoms with van der Waals surface area (Å²) in [6.07, 6.45) is 0. The van der Waals surface area contributed by atoms with Crippen LogP contribution < -0.4 is 0 Å². The quantitative estimate of drug-likeness (QED) is 0.379. The van der Waals surface area contributed by atoms with Gasteiger partial charge < -0.3 is 13.6 Å². The van der Waals surface area contributed by atoms with Crippen molar-refractivity contribution in [1.29, 1.82) is 0 Å². The molecule has 0 bridgehead atoms. The zero-order chi connectivity index (χ0) is 14.6. The number of hydrogen-bond donors (Lipinski definition) is 1. The molecule has 19 heavy (non-hydrogen) atoms. The van der Waals surface area contributed by atoms with Crippen LogP contribution in [-0.4, -0.2) is 26.8 Å². The molecule has 0 aliphatic heterocycles. The Morgan fingerprint density at radius 3 is 2.00 bits per heavy atom. The Labute approximate surface area is 109 Å². The molecule has 1 aromatic rings. The SMILES string of the molecule is CCO[Si](O)(Cc1cc(F)c(F)c(F)c1F)OCC. The molecular formula is C11H14F4O3Si. The fourth-order valence-electron chi connectivity index (χ4n) is 1.59. The lowest BCUT2D eigenvalue weighted by molar-refractivity contribution is 0.107. The van der Waals surface area contributed by atoms with E-state index in [0.717, 1.165) is 0 Å². The third-order valence-electron chi connectivity index (χ3n) is 2.33. The van der Waals surface area contributed by atoms with E-state index in [1.165, 1.54) is 0 Å². The van der Waals surface area contributed by atoms with E-state index >= 15 is 0 Å². The maximum atomic E-state index is 13.5. The van der Waals surface area contributed by atoms with E-state index in [1.807, 2.05) is 0 Å². The third-order valence-corrected chi connectivity index (χ3v) is 4.64. The topological polar surface area (TPSA) is 38.7 Å². The van der Waals surface area contributed by atoms with Crippen molar-refractivity contribution in [3.8, 4) is 0 Å². The largest absolute Gasteiger partial charge is 0.502 e. The summed E-state index contributed by atoms with van der Waals surface area (Å²) in [5.41, 5.74) is -0.521. The smallest absolute Gasteiger partial charge is 0.389 e. The summed E-state index contributed by atoms with van der Waals surface area (Å²) in [5, 5.41) is 0. The molecule has 1 N–H and O–H groups in total. The van der Waals surface area contributed by atoms with E-state index in [0.29, 0.717) is 6.07 Å². The molecular weight excluding hydrogens is 284 g/mol.